The van der Waals surface area contributed by atoms with Crippen LogP contribution >= 0.6 is 11.6 Å². The van der Waals surface area contributed by atoms with Gasteiger partial charge in [0.2, 0.25) is 0 Å². The van der Waals surface area contributed by atoms with E-state index in [9.17, 15) is 4.39 Å². The first-order valence-corrected chi connectivity index (χ1v) is 8.34. The number of imidazole rings is 1. The molecule has 0 unspecified atom stereocenters. The lowest BCUT2D eigenvalue weighted by Crippen LogP contribution is -2.07. The first kappa shape index (κ1) is 14.6. The molecule has 4 aromatic rings. The van der Waals surface area contributed by atoms with Crippen LogP contribution in [-0.4, -0.2) is 9.97 Å². The predicted octanol–water partition coefficient (Wildman–Crippen LogP) is 5.05. The fourth-order valence-corrected chi connectivity index (χ4v) is 3.79. The fraction of sp³-hybridized carbons (Fsp3) is 0.0500. The Labute approximate surface area is 148 Å². The van der Waals surface area contributed by atoms with Gasteiger partial charge in [0.1, 0.15) is 11.6 Å². The number of nitrogens with zero attached hydrogens (tertiary/aromatic N) is 1. The van der Waals surface area contributed by atoms with Crippen molar-refractivity contribution in [2.24, 2.45) is 5.73 Å². The van der Waals surface area contributed by atoms with E-state index in [0.29, 0.717) is 16.9 Å². The van der Waals surface area contributed by atoms with Crippen LogP contribution in [0.3, 0.4) is 0 Å². The summed E-state index contributed by atoms with van der Waals surface area (Å²) in [6.45, 7) is 0. The predicted molar refractivity (Wildman–Crippen MR) is 98.0 cm³/mol. The van der Waals surface area contributed by atoms with Crippen LogP contribution in [0.2, 0.25) is 5.02 Å². The van der Waals surface area contributed by atoms with E-state index >= 15 is 0 Å². The van der Waals surface area contributed by atoms with Crippen molar-refractivity contribution in [2.45, 2.75) is 6.04 Å². The lowest BCUT2D eigenvalue weighted by Gasteiger charge is -2.08. The molecule has 1 aliphatic rings. The molecular weight excluding hydrogens is 337 g/mol. The van der Waals surface area contributed by atoms with Gasteiger partial charge in [-0.25, -0.2) is 9.37 Å². The van der Waals surface area contributed by atoms with Crippen LogP contribution in [0, 0.1) is 5.82 Å². The first-order valence-electron chi connectivity index (χ1n) is 7.96. The van der Waals surface area contributed by atoms with E-state index in [0.717, 1.165) is 27.8 Å². The summed E-state index contributed by atoms with van der Waals surface area (Å²) >= 11 is 5.88. The van der Waals surface area contributed by atoms with Gasteiger partial charge in [-0.15, -0.1) is 0 Å². The van der Waals surface area contributed by atoms with Gasteiger partial charge in [0, 0.05) is 11.6 Å². The summed E-state index contributed by atoms with van der Waals surface area (Å²) in [6.07, 6.45) is 0. The number of H-pyrrole nitrogens is 1. The summed E-state index contributed by atoms with van der Waals surface area (Å²) in [6, 6.07) is 16.9. The van der Waals surface area contributed by atoms with Crippen LogP contribution in [0.1, 0.15) is 17.2 Å². The molecule has 3 aromatic carbocycles. The third kappa shape index (κ3) is 2.05. The van der Waals surface area contributed by atoms with Gasteiger partial charge >= 0.3 is 0 Å². The second-order valence-corrected chi connectivity index (χ2v) is 6.61. The summed E-state index contributed by atoms with van der Waals surface area (Å²) in [7, 11) is 0. The highest BCUT2D eigenvalue weighted by atomic mass is 35.5. The van der Waals surface area contributed by atoms with Crippen molar-refractivity contribution in [3.8, 4) is 22.5 Å². The average molecular weight is 350 g/mol. The van der Waals surface area contributed by atoms with Gasteiger partial charge in [0.25, 0.3) is 0 Å². The number of hydrogen-bond donors (Lipinski definition) is 2. The van der Waals surface area contributed by atoms with Gasteiger partial charge in [0.05, 0.1) is 22.1 Å². The molecule has 0 saturated carbocycles. The van der Waals surface area contributed by atoms with E-state index in [1.165, 1.54) is 6.07 Å². The third-order valence-corrected chi connectivity index (χ3v) is 5.07. The fourth-order valence-electron chi connectivity index (χ4n) is 3.62. The Kier molecular flexibility index (Phi) is 3.02. The van der Waals surface area contributed by atoms with Gasteiger partial charge < -0.3 is 10.7 Å². The van der Waals surface area contributed by atoms with E-state index in [-0.39, 0.29) is 11.1 Å². The molecule has 122 valence electrons. The maximum absolute atomic E-state index is 13.7. The SMILES string of the molecule is N[C@@H]1c2ccccc2-c2c(-c3nc4cc(F)c(Cl)cc4[nH]3)cccc21. The minimum absolute atomic E-state index is 0.0772. The molecular formula is C20H13ClFN3. The number of aromatic nitrogens is 2. The van der Waals surface area contributed by atoms with Crippen LogP contribution in [0.5, 0.6) is 0 Å². The number of hydrogen-bond acceptors (Lipinski definition) is 2. The average Bonchev–Trinajstić information content (AvgIpc) is 3.15. The smallest absolute Gasteiger partial charge is 0.144 e. The number of benzene rings is 3. The molecule has 1 atom stereocenters. The van der Waals surface area contributed by atoms with E-state index < -0.39 is 5.82 Å². The number of fused-ring (bicyclic) bond motifs is 4. The highest BCUT2D eigenvalue weighted by Gasteiger charge is 2.28. The standard InChI is InChI=1S/C20H13ClFN3/c21-14-8-16-17(9-15(14)22)25-20(24-16)13-7-3-6-12-18(13)10-4-1-2-5-11(10)19(12)23/h1-9,19H,23H2,(H,24,25)/t19-/m1/s1. The number of rotatable bonds is 1. The second-order valence-electron chi connectivity index (χ2n) is 6.20. The summed E-state index contributed by atoms with van der Waals surface area (Å²) in [5.74, 6) is 0.204. The molecule has 5 rings (SSSR count). The van der Waals surface area contributed by atoms with Gasteiger partial charge in [-0.2, -0.15) is 0 Å². The molecule has 0 aliphatic heterocycles. The molecule has 3 N–H and O–H groups in total. The Bertz CT molecular complexity index is 1110. The van der Waals surface area contributed by atoms with Crippen LogP contribution in [0.25, 0.3) is 33.5 Å². The molecule has 0 radical (unpaired) electrons. The molecule has 1 aromatic heterocycles. The second kappa shape index (κ2) is 5.15. The van der Waals surface area contributed by atoms with E-state index in [2.05, 4.69) is 22.1 Å². The number of nitrogens with one attached hydrogen (secondary N) is 1. The van der Waals surface area contributed by atoms with Crippen molar-refractivity contribution in [1.82, 2.24) is 9.97 Å². The lowest BCUT2D eigenvalue weighted by atomic mass is 9.99. The largest absolute Gasteiger partial charge is 0.338 e. The zero-order valence-corrected chi connectivity index (χ0v) is 13.8. The molecule has 1 heterocycles. The van der Waals surface area contributed by atoms with E-state index in [1.54, 1.807) is 6.07 Å². The Hall–Kier alpha value is -2.69. The van der Waals surface area contributed by atoms with Gasteiger partial charge in [-0.1, -0.05) is 54.1 Å². The maximum atomic E-state index is 13.7. The van der Waals surface area contributed by atoms with Crippen molar-refractivity contribution in [2.75, 3.05) is 0 Å². The van der Waals surface area contributed by atoms with Crippen molar-refractivity contribution in [3.63, 3.8) is 0 Å². The van der Waals surface area contributed by atoms with Gasteiger partial charge in [0.15, 0.2) is 0 Å². The van der Waals surface area contributed by atoms with Crippen molar-refractivity contribution < 1.29 is 4.39 Å². The molecule has 0 saturated heterocycles. The summed E-state index contributed by atoms with van der Waals surface area (Å²) in [5, 5.41) is 0.0772. The van der Waals surface area contributed by atoms with Crippen LogP contribution in [0.15, 0.2) is 54.6 Å². The number of halogens is 2. The maximum Gasteiger partial charge on any atom is 0.144 e. The summed E-state index contributed by atoms with van der Waals surface area (Å²) in [4.78, 5) is 7.82. The Morgan fingerprint density at radius 3 is 2.64 bits per heavy atom. The number of aromatic amines is 1. The minimum Gasteiger partial charge on any atom is -0.338 e. The Morgan fingerprint density at radius 2 is 1.76 bits per heavy atom. The third-order valence-electron chi connectivity index (χ3n) is 4.78. The molecule has 25 heavy (non-hydrogen) atoms. The quantitative estimate of drug-likeness (QED) is 0.505. The summed E-state index contributed by atoms with van der Waals surface area (Å²) < 4.78 is 13.7. The first-order chi connectivity index (χ1) is 12.1. The molecule has 0 spiro atoms. The van der Waals surface area contributed by atoms with Crippen molar-refractivity contribution in [3.05, 3.63) is 76.6 Å². The van der Waals surface area contributed by atoms with Crippen LogP contribution in [0.4, 0.5) is 4.39 Å². The normalized spacial score (nSPS) is 15.4. The molecule has 5 heteroatoms. The Morgan fingerprint density at radius 1 is 1.00 bits per heavy atom. The molecule has 1 aliphatic carbocycles. The molecule has 3 nitrogen and oxygen atoms in total. The highest BCUT2D eigenvalue weighted by molar-refractivity contribution is 6.31. The molecule has 0 fully saturated rings. The van der Waals surface area contributed by atoms with E-state index in [1.807, 2.05) is 30.3 Å². The van der Waals surface area contributed by atoms with Gasteiger partial charge in [-0.05, 0) is 28.3 Å². The van der Waals surface area contributed by atoms with Crippen LogP contribution in [-0.2, 0) is 0 Å². The molecule has 0 amide bonds. The topological polar surface area (TPSA) is 54.7 Å². The van der Waals surface area contributed by atoms with Crippen molar-refractivity contribution in [1.29, 1.82) is 0 Å². The molecule has 0 bridgehead atoms. The Balaban J connectivity index is 1.78. The minimum atomic E-state index is -0.474. The zero-order chi connectivity index (χ0) is 17.1. The van der Waals surface area contributed by atoms with Crippen LogP contribution < -0.4 is 5.73 Å². The summed E-state index contributed by atoms with van der Waals surface area (Å²) in [5.41, 5.74) is 13.0. The zero-order valence-electron chi connectivity index (χ0n) is 13.1. The highest BCUT2D eigenvalue weighted by Crippen LogP contribution is 2.46. The number of nitrogens with two attached hydrogens (primary N) is 1. The monoisotopic (exact) mass is 349 g/mol. The van der Waals surface area contributed by atoms with Gasteiger partial charge in [-0.3, -0.25) is 0 Å². The van der Waals surface area contributed by atoms with E-state index in [4.69, 9.17) is 17.3 Å². The van der Waals surface area contributed by atoms with Crippen molar-refractivity contribution >= 4 is 22.6 Å². The lowest BCUT2D eigenvalue weighted by molar-refractivity contribution is 0.630.